The highest BCUT2D eigenvalue weighted by atomic mass is 17.1. The van der Waals surface area contributed by atoms with Gasteiger partial charge >= 0.3 is 0 Å². The van der Waals surface area contributed by atoms with E-state index in [1.54, 1.807) is 6.07 Å². The van der Waals surface area contributed by atoms with Crippen LogP contribution in [0.15, 0.2) is 30.3 Å². The maximum atomic E-state index is 8.48. The zero-order valence-corrected chi connectivity index (χ0v) is 7.03. The van der Waals surface area contributed by atoms with Crippen molar-refractivity contribution in [1.29, 1.82) is 0 Å². The SMILES string of the molecule is CCC=Cc1ccccc1OO. The van der Waals surface area contributed by atoms with Crippen molar-refractivity contribution in [1.82, 2.24) is 0 Å². The van der Waals surface area contributed by atoms with Crippen molar-refractivity contribution in [2.75, 3.05) is 0 Å². The Morgan fingerprint density at radius 3 is 2.83 bits per heavy atom. The second-order valence-electron chi connectivity index (χ2n) is 2.44. The van der Waals surface area contributed by atoms with Crippen molar-refractivity contribution >= 4 is 6.08 Å². The average molecular weight is 164 g/mol. The molecule has 0 heterocycles. The van der Waals surface area contributed by atoms with Gasteiger partial charge in [-0.05, 0) is 12.5 Å². The van der Waals surface area contributed by atoms with Crippen LogP contribution in [-0.4, -0.2) is 5.26 Å². The molecule has 12 heavy (non-hydrogen) atoms. The van der Waals surface area contributed by atoms with Crippen LogP contribution in [0, 0.1) is 0 Å². The maximum absolute atomic E-state index is 8.48. The van der Waals surface area contributed by atoms with Gasteiger partial charge in [0.1, 0.15) is 0 Å². The zero-order chi connectivity index (χ0) is 8.81. The van der Waals surface area contributed by atoms with Gasteiger partial charge in [0.25, 0.3) is 0 Å². The number of allylic oxidation sites excluding steroid dienone is 1. The normalized spacial score (nSPS) is 10.5. The van der Waals surface area contributed by atoms with E-state index in [0.29, 0.717) is 5.75 Å². The van der Waals surface area contributed by atoms with Crippen molar-refractivity contribution in [2.24, 2.45) is 0 Å². The van der Waals surface area contributed by atoms with Gasteiger partial charge in [0, 0.05) is 5.56 Å². The third-order valence-corrected chi connectivity index (χ3v) is 1.55. The number of benzene rings is 1. The molecular formula is C10H12O2. The Morgan fingerprint density at radius 1 is 1.42 bits per heavy atom. The molecule has 0 spiro atoms. The van der Waals surface area contributed by atoms with Crippen molar-refractivity contribution in [3.05, 3.63) is 35.9 Å². The first-order valence-corrected chi connectivity index (χ1v) is 3.95. The lowest BCUT2D eigenvalue weighted by molar-refractivity contribution is -0.137. The van der Waals surface area contributed by atoms with Gasteiger partial charge < -0.3 is 4.89 Å². The minimum absolute atomic E-state index is 0.488. The maximum Gasteiger partial charge on any atom is 0.172 e. The molecule has 0 radical (unpaired) electrons. The van der Waals surface area contributed by atoms with E-state index in [4.69, 9.17) is 5.26 Å². The molecule has 0 saturated heterocycles. The van der Waals surface area contributed by atoms with Gasteiger partial charge in [0.15, 0.2) is 5.75 Å². The van der Waals surface area contributed by atoms with Crippen LogP contribution in [0.3, 0.4) is 0 Å². The van der Waals surface area contributed by atoms with Crippen LogP contribution in [0.25, 0.3) is 6.08 Å². The van der Waals surface area contributed by atoms with Crippen LogP contribution in [0.5, 0.6) is 5.75 Å². The summed E-state index contributed by atoms with van der Waals surface area (Å²) < 4.78 is 0. The molecule has 0 aliphatic heterocycles. The van der Waals surface area contributed by atoms with Gasteiger partial charge in [-0.2, -0.15) is 0 Å². The molecule has 1 N–H and O–H groups in total. The predicted molar refractivity (Wildman–Crippen MR) is 49.0 cm³/mol. The molecule has 0 bridgehead atoms. The van der Waals surface area contributed by atoms with Gasteiger partial charge in [0.2, 0.25) is 0 Å². The van der Waals surface area contributed by atoms with Crippen LogP contribution in [0.1, 0.15) is 18.9 Å². The van der Waals surface area contributed by atoms with Crippen LogP contribution in [0.4, 0.5) is 0 Å². The van der Waals surface area contributed by atoms with Crippen molar-refractivity contribution in [3.63, 3.8) is 0 Å². The highest BCUT2D eigenvalue weighted by Crippen LogP contribution is 2.18. The third kappa shape index (κ3) is 2.10. The molecule has 0 aliphatic rings. The molecule has 0 saturated carbocycles. The molecule has 0 atom stereocenters. The average Bonchev–Trinajstić information content (AvgIpc) is 2.15. The molecule has 1 rings (SSSR count). The second kappa shape index (κ2) is 4.57. The van der Waals surface area contributed by atoms with E-state index in [2.05, 4.69) is 11.8 Å². The molecule has 0 unspecified atom stereocenters. The number of hydrogen-bond donors (Lipinski definition) is 1. The highest BCUT2D eigenvalue weighted by Gasteiger charge is 1.96. The molecule has 2 nitrogen and oxygen atoms in total. The van der Waals surface area contributed by atoms with Crippen LogP contribution < -0.4 is 4.89 Å². The van der Waals surface area contributed by atoms with Gasteiger partial charge in [0.05, 0.1) is 0 Å². The lowest BCUT2D eigenvalue weighted by Gasteiger charge is -1.99. The molecule has 1 aromatic rings. The summed E-state index contributed by atoms with van der Waals surface area (Å²) in [5, 5.41) is 8.48. The van der Waals surface area contributed by atoms with E-state index < -0.39 is 0 Å². The molecule has 0 amide bonds. The van der Waals surface area contributed by atoms with Gasteiger partial charge in [-0.25, -0.2) is 5.26 Å². The summed E-state index contributed by atoms with van der Waals surface area (Å²) in [6.07, 6.45) is 4.91. The topological polar surface area (TPSA) is 29.5 Å². The fourth-order valence-electron chi connectivity index (χ4n) is 0.946. The summed E-state index contributed by atoms with van der Waals surface area (Å²) in [4.78, 5) is 4.19. The first-order chi connectivity index (χ1) is 5.88. The summed E-state index contributed by atoms with van der Waals surface area (Å²) in [5.74, 6) is 0.488. The number of rotatable bonds is 3. The Morgan fingerprint density at radius 2 is 2.17 bits per heavy atom. The zero-order valence-electron chi connectivity index (χ0n) is 7.03. The predicted octanol–water partition coefficient (Wildman–Crippen LogP) is 2.96. The van der Waals surface area contributed by atoms with E-state index in [0.717, 1.165) is 12.0 Å². The van der Waals surface area contributed by atoms with E-state index in [1.807, 2.05) is 30.4 Å². The molecule has 2 heteroatoms. The van der Waals surface area contributed by atoms with E-state index in [9.17, 15) is 0 Å². The second-order valence-corrected chi connectivity index (χ2v) is 2.44. The van der Waals surface area contributed by atoms with Crippen molar-refractivity contribution in [2.45, 2.75) is 13.3 Å². The van der Waals surface area contributed by atoms with Crippen LogP contribution in [-0.2, 0) is 0 Å². The Kier molecular flexibility index (Phi) is 3.35. The third-order valence-electron chi connectivity index (χ3n) is 1.55. The standard InChI is InChI=1S/C10H12O2/c1-2-3-6-9-7-4-5-8-10(9)12-11/h3-8,11H,2H2,1H3. The summed E-state index contributed by atoms with van der Waals surface area (Å²) in [6.45, 7) is 2.05. The lowest BCUT2D eigenvalue weighted by atomic mass is 10.2. The van der Waals surface area contributed by atoms with Crippen LogP contribution in [0.2, 0.25) is 0 Å². The molecule has 0 aliphatic carbocycles. The Labute approximate surface area is 72.0 Å². The van der Waals surface area contributed by atoms with E-state index >= 15 is 0 Å². The minimum Gasteiger partial charge on any atom is -0.340 e. The number of para-hydroxylation sites is 1. The fraction of sp³-hybridized carbons (Fsp3) is 0.200. The molecular weight excluding hydrogens is 152 g/mol. The van der Waals surface area contributed by atoms with Gasteiger partial charge in [-0.1, -0.05) is 37.3 Å². The molecule has 0 fully saturated rings. The van der Waals surface area contributed by atoms with Crippen molar-refractivity contribution in [3.8, 4) is 5.75 Å². The quantitative estimate of drug-likeness (QED) is 0.549. The lowest BCUT2D eigenvalue weighted by Crippen LogP contribution is -1.86. The highest BCUT2D eigenvalue weighted by molar-refractivity contribution is 5.56. The Bertz CT molecular complexity index is 266. The van der Waals surface area contributed by atoms with Gasteiger partial charge in [-0.15, -0.1) is 0 Å². The number of hydrogen-bond acceptors (Lipinski definition) is 2. The fourth-order valence-corrected chi connectivity index (χ4v) is 0.946. The summed E-state index contributed by atoms with van der Waals surface area (Å²) in [5.41, 5.74) is 0.891. The Balaban J connectivity index is 2.89. The van der Waals surface area contributed by atoms with Crippen LogP contribution >= 0.6 is 0 Å². The summed E-state index contributed by atoms with van der Waals surface area (Å²) in [7, 11) is 0. The smallest absolute Gasteiger partial charge is 0.172 e. The largest absolute Gasteiger partial charge is 0.340 e. The first kappa shape index (κ1) is 8.81. The van der Waals surface area contributed by atoms with E-state index in [1.165, 1.54) is 0 Å². The monoisotopic (exact) mass is 164 g/mol. The van der Waals surface area contributed by atoms with Crippen molar-refractivity contribution < 1.29 is 10.1 Å². The molecule has 0 aromatic heterocycles. The summed E-state index contributed by atoms with van der Waals surface area (Å²) in [6, 6.07) is 7.32. The Hall–Kier alpha value is -1.28. The molecule has 1 aromatic carbocycles. The van der Waals surface area contributed by atoms with E-state index in [-0.39, 0.29) is 0 Å². The molecule has 64 valence electrons. The minimum atomic E-state index is 0.488. The summed E-state index contributed by atoms with van der Waals surface area (Å²) >= 11 is 0. The first-order valence-electron chi connectivity index (χ1n) is 3.95. The van der Waals surface area contributed by atoms with Gasteiger partial charge in [-0.3, -0.25) is 0 Å².